The van der Waals surface area contributed by atoms with Crippen molar-refractivity contribution in [1.29, 1.82) is 0 Å². The van der Waals surface area contributed by atoms with Gasteiger partial charge in [-0.05, 0) is 74.9 Å². The minimum atomic E-state index is -0.852. The van der Waals surface area contributed by atoms with Crippen LogP contribution in [0.5, 0.6) is 0 Å². The highest BCUT2D eigenvalue weighted by Crippen LogP contribution is 2.53. The molecule has 1 unspecified atom stereocenters. The fourth-order valence-electron chi connectivity index (χ4n) is 4.77. The molecule has 1 saturated heterocycles. The van der Waals surface area contributed by atoms with Crippen molar-refractivity contribution >= 4 is 17.5 Å². The van der Waals surface area contributed by atoms with Gasteiger partial charge in [-0.2, -0.15) is 0 Å². The highest BCUT2D eigenvalue weighted by molar-refractivity contribution is 6.30. The first kappa shape index (κ1) is 16.4. The molecule has 0 aromatic heterocycles. The van der Waals surface area contributed by atoms with Crippen molar-refractivity contribution in [2.24, 2.45) is 5.41 Å². The number of hydrogen-bond acceptors (Lipinski definition) is 3. The van der Waals surface area contributed by atoms with Gasteiger partial charge in [0.15, 0.2) is 0 Å². The van der Waals surface area contributed by atoms with E-state index < -0.39 is 11.0 Å². The van der Waals surface area contributed by atoms with Crippen LogP contribution in [-0.4, -0.2) is 35.7 Å². The lowest BCUT2D eigenvalue weighted by molar-refractivity contribution is -0.173. The van der Waals surface area contributed by atoms with Gasteiger partial charge in [0, 0.05) is 11.1 Å². The van der Waals surface area contributed by atoms with E-state index in [4.69, 9.17) is 11.6 Å². The number of piperidine rings is 1. The maximum absolute atomic E-state index is 13.1. The molecule has 5 heteroatoms. The number of aliphatic hydroxyl groups is 1. The van der Waals surface area contributed by atoms with Crippen LogP contribution in [0.2, 0.25) is 5.02 Å². The van der Waals surface area contributed by atoms with E-state index in [9.17, 15) is 9.90 Å². The molecule has 4 nitrogen and oxygen atoms in total. The van der Waals surface area contributed by atoms with Gasteiger partial charge in [0.2, 0.25) is 5.91 Å². The molecule has 1 heterocycles. The molecule has 1 amide bonds. The molecule has 130 valence electrons. The molecule has 1 aliphatic heterocycles. The van der Waals surface area contributed by atoms with Gasteiger partial charge in [-0.15, -0.1) is 0 Å². The van der Waals surface area contributed by atoms with Crippen LogP contribution in [0.1, 0.15) is 43.2 Å². The van der Waals surface area contributed by atoms with Gasteiger partial charge in [-0.3, -0.25) is 4.79 Å². The largest absolute Gasteiger partial charge is 0.389 e. The second-order valence-corrected chi connectivity index (χ2v) is 8.15. The Labute approximate surface area is 148 Å². The van der Waals surface area contributed by atoms with Crippen molar-refractivity contribution in [3.63, 3.8) is 0 Å². The van der Waals surface area contributed by atoms with Crippen LogP contribution >= 0.6 is 11.6 Å². The third-order valence-electron chi connectivity index (χ3n) is 6.40. The normalized spacial score (nSPS) is 27.2. The molecule has 2 fully saturated rings. The molecule has 24 heavy (non-hydrogen) atoms. The van der Waals surface area contributed by atoms with E-state index in [1.807, 2.05) is 12.1 Å². The molecule has 3 N–H and O–H groups in total. The SMILES string of the molecule is O=C(NC1Cc2ccc(Cl)cc2C1)C1(C2(O)CCNCC2)CCC1. The highest BCUT2D eigenvalue weighted by atomic mass is 35.5. The van der Waals surface area contributed by atoms with Crippen LogP contribution in [-0.2, 0) is 17.6 Å². The maximum Gasteiger partial charge on any atom is 0.229 e. The number of benzene rings is 1. The minimum absolute atomic E-state index is 0.0575. The zero-order valence-corrected chi connectivity index (χ0v) is 14.7. The zero-order valence-electron chi connectivity index (χ0n) is 13.9. The third kappa shape index (κ3) is 2.56. The Kier molecular flexibility index (Phi) is 4.10. The van der Waals surface area contributed by atoms with Crippen molar-refractivity contribution in [3.8, 4) is 0 Å². The summed E-state index contributed by atoms with van der Waals surface area (Å²) in [6.07, 6.45) is 5.67. The number of amides is 1. The van der Waals surface area contributed by atoms with E-state index >= 15 is 0 Å². The number of carbonyl (C=O) groups excluding carboxylic acids is 1. The van der Waals surface area contributed by atoms with E-state index in [1.54, 1.807) is 0 Å². The van der Waals surface area contributed by atoms with E-state index in [1.165, 1.54) is 11.1 Å². The first-order valence-electron chi connectivity index (χ1n) is 9.04. The molecule has 1 saturated carbocycles. The van der Waals surface area contributed by atoms with Crippen molar-refractivity contribution in [3.05, 3.63) is 34.3 Å². The van der Waals surface area contributed by atoms with E-state index in [2.05, 4.69) is 16.7 Å². The number of rotatable bonds is 3. The first-order valence-corrected chi connectivity index (χ1v) is 9.42. The van der Waals surface area contributed by atoms with Gasteiger partial charge < -0.3 is 15.7 Å². The van der Waals surface area contributed by atoms with E-state index in [0.29, 0.717) is 12.8 Å². The van der Waals surface area contributed by atoms with E-state index in [0.717, 1.165) is 50.2 Å². The summed E-state index contributed by atoms with van der Waals surface area (Å²) in [7, 11) is 0. The van der Waals surface area contributed by atoms with Gasteiger partial charge in [-0.25, -0.2) is 0 Å². The summed E-state index contributed by atoms with van der Waals surface area (Å²) in [5.41, 5.74) is 1.07. The number of carbonyl (C=O) groups is 1. The summed E-state index contributed by atoms with van der Waals surface area (Å²) >= 11 is 6.07. The lowest BCUT2D eigenvalue weighted by atomic mass is 9.55. The topological polar surface area (TPSA) is 61.4 Å². The number of nitrogens with one attached hydrogen (secondary N) is 2. The predicted molar refractivity (Wildman–Crippen MR) is 94.1 cm³/mol. The second-order valence-electron chi connectivity index (χ2n) is 7.71. The Bertz CT molecular complexity index is 651. The smallest absolute Gasteiger partial charge is 0.229 e. The van der Waals surface area contributed by atoms with Gasteiger partial charge in [-0.1, -0.05) is 24.1 Å². The molecular weight excluding hydrogens is 324 g/mol. The van der Waals surface area contributed by atoms with Gasteiger partial charge in [0.25, 0.3) is 0 Å². The summed E-state index contributed by atoms with van der Waals surface area (Å²) in [4.78, 5) is 13.1. The van der Waals surface area contributed by atoms with Crippen LogP contribution in [0, 0.1) is 5.41 Å². The van der Waals surface area contributed by atoms with Crippen LogP contribution in [0.3, 0.4) is 0 Å². The van der Waals surface area contributed by atoms with Crippen molar-refractivity contribution in [2.45, 2.75) is 56.6 Å². The highest BCUT2D eigenvalue weighted by Gasteiger charge is 2.59. The van der Waals surface area contributed by atoms with Gasteiger partial charge in [0.1, 0.15) is 0 Å². The predicted octanol–water partition coefficient (Wildman–Crippen LogP) is 2.21. The fraction of sp³-hybridized carbons (Fsp3) is 0.632. The molecule has 1 atom stereocenters. The number of fused-ring (bicyclic) bond motifs is 1. The molecular formula is C19H25ClN2O2. The maximum atomic E-state index is 13.1. The average molecular weight is 349 g/mol. The van der Waals surface area contributed by atoms with Gasteiger partial charge >= 0.3 is 0 Å². The Morgan fingerprint density at radius 2 is 1.88 bits per heavy atom. The molecule has 1 aromatic carbocycles. The Morgan fingerprint density at radius 3 is 2.54 bits per heavy atom. The monoisotopic (exact) mass is 348 g/mol. The minimum Gasteiger partial charge on any atom is -0.389 e. The number of halogens is 1. The Hall–Kier alpha value is -1.10. The molecule has 0 radical (unpaired) electrons. The number of hydrogen-bond donors (Lipinski definition) is 3. The summed E-state index contributed by atoms with van der Waals surface area (Å²) in [5, 5.41) is 18.5. The quantitative estimate of drug-likeness (QED) is 0.785. The van der Waals surface area contributed by atoms with Crippen LogP contribution in [0.25, 0.3) is 0 Å². The molecule has 2 aliphatic carbocycles. The Balaban J connectivity index is 1.48. The summed E-state index contributed by atoms with van der Waals surface area (Å²) in [6.45, 7) is 1.58. The zero-order chi connectivity index (χ0) is 16.8. The lowest BCUT2D eigenvalue weighted by Gasteiger charge is -2.53. The first-order chi connectivity index (χ1) is 11.5. The summed E-state index contributed by atoms with van der Waals surface area (Å²) < 4.78 is 0. The van der Waals surface area contributed by atoms with Crippen LogP contribution in [0.15, 0.2) is 18.2 Å². The van der Waals surface area contributed by atoms with E-state index in [-0.39, 0.29) is 11.9 Å². The van der Waals surface area contributed by atoms with Crippen molar-refractivity contribution in [2.75, 3.05) is 13.1 Å². The molecule has 0 bridgehead atoms. The molecule has 1 aromatic rings. The third-order valence-corrected chi connectivity index (χ3v) is 6.63. The summed E-state index contributed by atoms with van der Waals surface area (Å²) in [6, 6.07) is 6.09. The summed E-state index contributed by atoms with van der Waals surface area (Å²) in [5.74, 6) is 0.0575. The molecule has 3 aliphatic rings. The van der Waals surface area contributed by atoms with Gasteiger partial charge in [0.05, 0.1) is 11.0 Å². The Morgan fingerprint density at radius 1 is 1.17 bits per heavy atom. The van der Waals surface area contributed by atoms with Crippen LogP contribution < -0.4 is 10.6 Å². The lowest BCUT2D eigenvalue weighted by Crippen LogP contribution is -2.64. The molecule has 0 spiro atoms. The molecule has 4 rings (SSSR count). The van der Waals surface area contributed by atoms with Crippen molar-refractivity contribution < 1.29 is 9.90 Å². The average Bonchev–Trinajstić information content (AvgIpc) is 2.87. The second kappa shape index (κ2) is 6.01. The fourth-order valence-corrected chi connectivity index (χ4v) is 4.96. The standard InChI is InChI=1S/C19H25ClN2O2/c20-15-3-2-13-11-16(12-14(13)10-15)22-17(23)18(4-1-5-18)19(24)6-8-21-9-7-19/h2-3,10,16,21,24H,1,4-9,11-12H2,(H,22,23). The van der Waals surface area contributed by atoms with Crippen LogP contribution in [0.4, 0.5) is 0 Å². The van der Waals surface area contributed by atoms with Crippen molar-refractivity contribution in [1.82, 2.24) is 10.6 Å².